The molecule has 0 saturated carbocycles. The van der Waals surface area contributed by atoms with E-state index < -0.39 is 0 Å². The van der Waals surface area contributed by atoms with Crippen LogP contribution in [0.2, 0.25) is 10.0 Å². The van der Waals surface area contributed by atoms with Crippen LogP contribution in [0.4, 0.5) is 0 Å². The van der Waals surface area contributed by atoms with Crippen molar-refractivity contribution in [1.29, 1.82) is 0 Å². The predicted octanol–water partition coefficient (Wildman–Crippen LogP) is 4.11. The Morgan fingerprint density at radius 3 is 2.42 bits per heavy atom. The normalized spacial score (nSPS) is 10.5. The zero-order valence-corrected chi connectivity index (χ0v) is 11.8. The lowest BCUT2D eigenvalue weighted by molar-refractivity contribution is 0.298. The van der Waals surface area contributed by atoms with Crippen LogP contribution in [0.25, 0.3) is 0 Å². The van der Waals surface area contributed by atoms with Crippen molar-refractivity contribution in [3.8, 4) is 5.75 Å². The van der Waals surface area contributed by atoms with E-state index in [0.717, 1.165) is 16.9 Å². The first-order chi connectivity index (χ1) is 9.20. The fourth-order valence-corrected chi connectivity index (χ4v) is 2.08. The molecule has 0 unspecified atom stereocenters. The molecule has 0 spiro atoms. The highest BCUT2D eigenvalue weighted by molar-refractivity contribution is 6.42. The molecule has 19 heavy (non-hydrogen) atoms. The predicted molar refractivity (Wildman–Crippen MR) is 78.0 cm³/mol. The molecule has 0 aromatic heterocycles. The molecule has 100 valence electrons. The van der Waals surface area contributed by atoms with Crippen molar-refractivity contribution >= 4 is 23.2 Å². The Hall–Kier alpha value is -1.22. The molecule has 2 nitrogen and oxygen atoms in total. The average molecular weight is 297 g/mol. The average Bonchev–Trinajstić information content (AvgIpc) is 2.42. The minimum atomic E-state index is 0.151. The summed E-state index contributed by atoms with van der Waals surface area (Å²) >= 11 is 12.0. The highest BCUT2D eigenvalue weighted by atomic mass is 35.5. The van der Waals surface area contributed by atoms with Crippen LogP contribution in [0.3, 0.4) is 0 Å². The van der Waals surface area contributed by atoms with E-state index in [1.165, 1.54) is 0 Å². The summed E-state index contributed by atoms with van der Waals surface area (Å²) in [6.07, 6.45) is 0.653. The summed E-state index contributed by atoms with van der Waals surface area (Å²) < 4.78 is 5.66. The molecule has 0 saturated heterocycles. The maximum absolute atomic E-state index is 8.84. The molecule has 0 fully saturated rings. The molecule has 1 N–H and O–H groups in total. The van der Waals surface area contributed by atoms with Gasteiger partial charge in [0.1, 0.15) is 12.4 Å². The molecule has 0 atom stereocenters. The third-order valence-corrected chi connectivity index (χ3v) is 3.61. The van der Waals surface area contributed by atoms with Gasteiger partial charge in [0.05, 0.1) is 10.0 Å². The molecule has 2 rings (SSSR count). The Labute approximate surface area is 122 Å². The molecule has 0 bridgehead atoms. The Bertz CT molecular complexity index is 538. The molecular weight excluding hydrogens is 283 g/mol. The molecule has 4 heteroatoms. The van der Waals surface area contributed by atoms with Crippen molar-refractivity contribution in [1.82, 2.24) is 0 Å². The summed E-state index contributed by atoms with van der Waals surface area (Å²) in [5.41, 5.74) is 1.93. The quantitative estimate of drug-likeness (QED) is 0.900. The fourth-order valence-electron chi connectivity index (χ4n) is 1.70. The van der Waals surface area contributed by atoms with Crippen LogP contribution >= 0.6 is 23.2 Å². The molecule has 0 radical (unpaired) electrons. The van der Waals surface area contributed by atoms with Gasteiger partial charge in [0.15, 0.2) is 0 Å². The van der Waals surface area contributed by atoms with Gasteiger partial charge in [0.2, 0.25) is 0 Å². The lowest BCUT2D eigenvalue weighted by Gasteiger charge is -2.09. The van der Waals surface area contributed by atoms with Gasteiger partial charge in [-0.1, -0.05) is 47.5 Å². The molecule has 2 aromatic rings. The first-order valence-electron chi connectivity index (χ1n) is 5.96. The maximum Gasteiger partial charge on any atom is 0.119 e. The van der Waals surface area contributed by atoms with E-state index in [2.05, 4.69) is 0 Å². The van der Waals surface area contributed by atoms with Crippen molar-refractivity contribution in [3.63, 3.8) is 0 Å². The molecule has 0 aliphatic carbocycles. The van der Waals surface area contributed by atoms with Crippen LogP contribution in [-0.4, -0.2) is 11.7 Å². The van der Waals surface area contributed by atoms with Crippen LogP contribution in [0.1, 0.15) is 11.1 Å². The number of aliphatic hydroxyl groups excluding tert-OH is 1. The largest absolute Gasteiger partial charge is 0.489 e. The Morgan fingerprint density at radius 2 is 1.74 bits per heavy atom. The number of ether oxygens (including phenoxy) is 1. The van der Waals surface area contributed by atoms with Crippen molar-refractivity contribution in [3.05, 3.63) is 63.6 Å². The fraction of sp³-hybridized carbons (Fsp3) is 0.200. The van der Waals surface area contributed by atoms with Gasteiger partial charge in [-0.15, -0.1) is 0 Å². The third kappa shape index (κ3) is 3.87. The van der Waals surface area contributed by atoms with Crippen LogP contribution in [0, 0.1) is 0 Å². The lowest BCUT2D eigenvalue weighted by Crippen LogP contribution is -1.97. The Balaban J connectivity index is 2.00. The monoisotopic (exact) mass is 296 g/mol. The highest BCUT2D eigenvalue weighted by Gasteiger charge is 2.05. The molecule has 0 amide bonds. The third-order valence-electron chi connectivity index (χ3n) is 2.75. The van der Waals surface area contributed by atoms with E-state index in [-0.39, 0.29) is 6.61 Å². The summed E-state index contributed by atoms with van der Waals surface area (Å²) in [6, 6.07) is 13.1. The lowest BCUT2D eigenvalue weighted by atomic mass is 10.1. The minimum Gasteiger partial charge on any atom is -0.489 e. The first-order valence-corrected chi connectivity index (χ1v) is 6.72. The number of hydrogen-bond acceptors (Lipinski definition) is 2. The standard InChI is InChI=1S/C15H14Cl2O2/c16-14-3-1-2-12(15(14)17)10-19-13-6-4-11(5-7-13)8-9-18/h1-7,18H,8-10H2. The molecule has 0 heterocycles. The molecule has 2 aromatic carbocycles. The molecule has 0 aliphatic rings. The van der Waals surface area contributed by atoms with Crippen LogP contribution in [0.5, 0.6) is 5.75 Å². The summed E-state index contributed by atoms with van der Waals surface area (Å²) in [7, 11) is 0. The number of aliphatic hydroxyl groups is 1. The van der Waals surface area contributed by atoms with Crippen LogP contribution < -0.4 is 4.74 Å². The van der Waals surface area contributed by atoms with Gasteiger partial charge in [0.25, 0.3) is 0 Å². The number of rotatable bonds is 5. The zero-order chi connectivity index (χ0) is 13.7. The number of halogens is 2. The van der Waals surface area contributed by atoms with Crippen molar-refractivity contribution in [2.75, 3.05) is 6.61 Å². The second-order valence-corrected chi connectivity index (χ2v) is 4.90. The number of hydrogen-bond donors (Lipinski definition) is 1. The van der Waals surface area contributed by atoms with E-state index in [4.69, 9.17) is 33.0 Å². The van der Waals surface area contributed by atoms with Gasteiger partial charge < -0.3 is 9.84 Å². The summed E-state index contributed by atoms with van der Waals surface area (Å²) in [5, 5.41) is 9.90. The van der Waals surface area contributed by atoms with E-state index in [1.807, 2.05) is 36.4 Å². The zero-order valence-electron chi connectivity index (χ0n) is 10.3. The molecule has 0 aliphatic heterocycles. The van der Waals surface area contributed by atoms with Gasteiger partial charge in [-0.2, -0.15) is 0 Å². The van der Waals surface area contributed by atoms with Gasteiger partial charge in [-0.3, -0.25) is 0 Å². The Morgan fingerprint density at radius 1 is 1.00 bits per heavy atom. The van der Waals surface area contributed by atoms with Gasteiger partial charge in [-0.05, 0) is 30.2 Å². The van der Waals surface area contributed by atoms with Crippen molar-refractivity contribution in [2.24, 2.45) is 0 Å². The maximum atomic E-state index is 8.84. The van der Waals surface area contributed by atoms with E-state index in [9.17, 15) is 0 Å². The highest BCUT2D eigenvalue weighted by Crippen LogP contribution is 2.26. The summed E-state index contributed by atoms with van der Waals surface area (Å²) in [6.45, 7) is 0.525. The SMILES string of the molecule is OCCc1ccc(OCc2cccc(Cl)c2Cl)cc1. The van der Waals surface area contributed by atoms with E-state index in [1.54, 1.807) is 6.07 Å². The first kappa shape index (κ1) is 14.2. The molecular formula is C15H14Cl2O2. The van der Waals surface area contributed by atoms with E-state index >= 15 is 0 Å². The topological polar surface area (TPSA) is 29.5 Å². The van der Waals surface area contributed by atoms with Crippen LogP contribution in [-0.2, 0) is 13.0 Å². The van der Waals surface area contributed by atoms with Gasteiger partial charge in [-0.25, -0.2) is 0 Å². The van der Waals surface area contributed by atoms with Crippen LogP contribution in [0.15, 0.2) is 42.5 Å². The summed E-state index contributed by atoms with van der Waals surface area (Å²) in [5.74, 6) is 0.762. The minimum absolute atomic E-state index is 0.151. The van der Waals surface area contributed by atoms with Crippen molar-refractivity contribution in [2.45, 2.75) is 13.0 Å². The van der Waals surface area contributed by atoms with E-state index in [0.29, 0.717) is 23.1 Å². The van der Waals surface area contributed by atoms with Gasteiger partial charge in [0, 0.05) is 12.2 Å². The second kappa shape index (κ2) is 6.80. The Kier molecular flexibility index (Phi) is 5.08. The number of benzene rings is 2. The second-order valence-electron chi connectivity index (χ2n) is 4.12. The summed E-state index contributed by atoms with van der Waals surface area (Å²) in [4.78, 5) is 0. The van der Waals surface area contributed by atoms with Crippen molar-refractivity contribution < 1.29 is 9.84 Å². The smallest absolute Gasteiger partial charge is 0.119 e. The van der Waals surface area contributed by atoms with Gasteiger partial charge >= 0.3 is 0 Å².